The molecule has 0 saturated carbocycles. The maximum atomic E-state index is 10.9. The fraction of sp³-hybridized carbons (Fsp3) is 0.833. The highest BCUT2D eigenvalue weighted by atomic mass is 35.5. The lowest BCUT2D eigenvalue weighted by Gasteiger charge is -2.16. The SMILES string of the molecule is Cl.O=C1NC2CNCC1C2. The molecule has 2 saturated heterocycles. The zero-order chi connectivity index (χ0) is 6.27. The molecule has 2 rings (SSSR count). The highest BCUT2D eigenvalue weighted by Gasteiger charge is 2.34. The van der Waals surface area contributed by atoms with Gasteiger partial charge in [-0.05, 0) is 6.42 Å². The second-order valence-electron chi connectivity index (χ2n) is 2.80. The third-order valence-corrected chi connectivity index (χ3v) is 2.07. The van der Waals surface area contributed by atoms with Gasteiger partial charge in [0.25, 0.3) is 0 Å². The molecule has 0 radical (unpaired) electrons. The van der Waals surface area contributed by atoms with Gasteiger partial charge in [-0.15, -0.1) is 12.4 Å². The molecule has 2 aliphatic heterocycles. The second kappa shape index (κ2) is 2.76. The summed E-state index contributed by atoms with van der Waals surface area (Å²) in [7, 11) is 0. The van der Waals surface area contributed by atoms with Crippen LogP contribution in [0.1, 0.15) is 6.42 Å². The maximum Gasteiger partial charge on any atom is 0.224 e. The molecule has 2 unspecified atom stereocenters. The smallest absolute Gasteiger partial charge is 0.224 e. The Balaban J connectivity index is 0.000000500. The monoisotopic (exact) mass is 162 g/mol. The van der Waals surface area contributed by atoms with Gasteiger partial charge in [-0.3, -0.25) is 4.79 Å². The number of piperidine rings is 1. The molecule has 0 aromatic carbocycles. The van der Waals surface area contributed by atoms with E-state index in [4.69, 9.17) is 0 Å². The molecule has 2 bridgehead atoms. The lowest BCUT2D eigenvalue weighted by atomic mass is 10.0. The number of hydrogen-bond donors (Lipinski definition) is 2. The molecule has 10 heavy (non-hydrogen) atoms. The van der Waals surface area contributed by atoms with Crippen molar-refractivity contribution in [1.29, 1.82) is 0 Å². The minimum absolute atomic E-state index is 0. The van der Waals surface area contributed by atoms with Crippen LogP contribution in [0.25, 0.3) is 0 Å². The van der Waals surface area contributed by atoms with E-state index in [1.54, 1.807) is 0 Å². The summed E-state index contributed by atoms with van der Waals surface area (Å²) >= 11 is 0. The van der Waals surface area contributed by atoms with Crippen LogP contribution >= 0.6 is 12.4 Å². The Morgan fingerprint density at radius 2 is 2.20 bits per heavy atom. The predicted molar refractivity (Wildman–Crippen MR) is 40.2 cm³/mol. The van der Waals surface area contributed by atoms with Gasteiger partial charge in [-0.25, -0.2) is 0 Å². The first-order valence-electron chi connectivity index (χ1n) is 3.37. The lowest BCUT2D eigenvalue weighted by Crippen LogP contribution is -2.36. The predicted octanol–water partition coefficient (Wildman–Crippen LogP) is -0.484. The summed E-state index contributed by atoms with van der Waals surface area (Å²) in [6.45, 7) is 1.84. The summed E-state index contributed by atoms with van der Waals surface area (Å²) in [6.07, 6.45) is 1.05. The van der Waals surface area contributed by atoms with Crippen molar-refractivity contribution in [2.45, 2.75) is 12.5 Å². The van der Waals surface area contributed by atoms with E-state index in [0.717, 1.165) is 19.5 Å². The Morgan fingerprint density at radius 1 is 1.40 bits per heavy atom. The van der Waals surface area contributed by atoms with E-state index in [0.29, 0.717) is 6.04 Å². The van der Waals surface area contributed by atoms with Gasteiger partial charge in [0.2, 0.25) is 5.91 Å². The normalized spacial score (nSPS) is 36.6. The first-order chi connectivity index (χ1) is 4.36. The molecule has 2 N–H and O–H groups in total. The quantitative estimate of drug-likeness (QED) is 0.505. The van der Waals surface area contributed by atoms with Gasteiger partial charge in [0.1, 0.15) is 0 Å². The molecule has 0 spiro atoms. The van der Waals surface area contributed by atoms with Crippen molar-refractivity contribution in [1.82, 2.24) is 10.6 Å². The topological polar surface area (TPSA) is 41.1 Å². The highest BCUT2D eigenvalue weighted by molar-refractivity contribution is 5.85. The number of carbonyl (C=O) groups is 1. The van der Waals surface area contributed by atoms with Crippen LogP contribution in [0.2, 0.25) is 0 Å². The van der Waals surface area contributed by atoms with E-state index in [9.17, 15) is 4.79 Å². The van der Waals surface area contributed by atoms with Gasteiger partial charge in [0, 0.05) is 19.1 Å². The molecule has 0 aromatic rings. The fourth-order valence-corrected chi connectivity index (χ4v) is 1.57. The van der Waals surface area contributed by atoms with Crippen molar-refractivity contribution in [3.8, 4) is 0 Å². The van der Waals surface area contributed by atoms with Gasteiger partial charge in [0.05, 0.1) is 5.92 Å². The van der Waals surface area contributed by atoms with Gasteiger partial charge >= 0.3 is 0 Å². The van der Waals surface area contributed by atoms with E-state index in [-0.39, 0.29) is 24.2 Å². The molecule has 2 atom stereocenters. The molecule has 3 nitrogen and oxygen atoms in total. The summed E-state index contributed by atoms with van der Waals surface area (Å²) in [5, 5.41) is 6.11. The average Bonchev–Trinajstić information content (AvgIpc) is 2.09. The summed E-state index contributed by atoms with van der Waals surface area (Å²) in [6, 6.07) is 0.427. The van der Waals surface area contributed by atoms with Gasteiger partial charge in [-0.1, -0.05) is 0 Å². The Bertz CT molecular complexity index is 151. The third-order valence-electron chi connectivity index (χ3n) is 2.07. The zero-order valence-electron chi connectivity index (χ0n) is 5.59. The first kappa shape index (κ1) is 7.82. The van der Waals surface area contributed by atoms with Crippen LogP contribution in [0.4, 0.5) is 0 Å². The van der Waals surface area contributed by atoms with Crippen molar-refractivity contribution in [2.24, 2.45) is 5.92 Å². The van der Waals surface area contributed by atoms with Crippen LogP contribution in [0.5, 0.6) is 0 Å². The van der Waals surface area contributed by atoms with Crippen molar-refractivity contribution < 1.29 is 4.79 Å². The third kappa shape index (κ3) is 1.11. The molecule has 0 aromatic heterocycles. The van der Waals surface area contributed by atoms with E-state index >= 15 is 0 Å². The molecule has 0 aliphatic carbocycles. The molecule has 2 heterocycles. The molecule has 4 heteroatoms. The van der Waals surface area contributed by atoms with Crippen LogP contribution in [0.3, 0.4) is 0 Å². The Hall–Kier alpha value is -0.280. The highest BCUT2D eigenvalue weighted by Crippen LogP contribution is 2.17. The van der Waals surface area contributed by atoms with Crippen molar-refractivity contribution in [2.75, 3.05) is 13.1 Å². The number of hydrogen-bond acceptors (Lipinski definition) is 2. The fourth-order valence-electron chi connectivity index (χ4n) is 1.57. The number of amides is 1. The van der Waals surface area contributed by atoms with Crippen molar-refractivity contribution >= 4 is 18.3 Å². The van der Waals surface area contributed by atoms with Crippen LogP contribution in [-0.4, -0.2) is 25.0 Å². The van der Waals surface area contributed by atoms with E-state index in [2.05, 4.69) is 10.6 Å². The number of carbonyl (C=O) groups excluding carboxylic acids is 1. The zero-order valence-corrected chi connectivity index (χ0v) is 6.41. The maximum absolute atomic E-state index is 10.9. The van der Waals surface area contributed by atoms with Crippen molar-refractivity contribution in [3.63, 3.8) is 0 Å². The van der Waals surface area contributed by atoms with Crippen molar-refractivity contribution in [3.05, 3.63) is 0 Å². The van der Waals surface area contributed by atoms with E-state index < -0.39 is 0 Å². The van der Waals surface area contributed by atoms with Crippen LogP contribution in [0.15, 0.2) is 0 Å². The standard InChI is InChI=1S/C6H10N2O.ClH/c9-6-4-1-5(8-6)3-7-2-4;/h4-5,7H,1-3H2,(H,8,9);1H. The molecule has 2 fully saturated rings. The summed E-state index contributed by atoms with van der Waals surface area (Å²) in [5.74, 6) is 0.508. The molecular weight excluding hydrogens is 152 g/mol. The molecule has 58 valence electrons. The number of nitrogens with one attached hydrogen (secondary N) is 2. The molecule has 2 aliphatic rings. The Morgan fingerprint density at radius 3 is 2.80 bits per heavy atom. The summed E-state index contributed by atoms with van der Waals surface area (Å²) < 4.78 is 0. The van der Waals surface area contributed by atoms with Crippen LogP contribution < -0.4 is 10.6 Å². The number of halogens is 1. The molecule has 1 amide bonds. The van der Waals surface area contributed by atoms with Gasteiger partial charge < -0.3 is 10.6 Å². The van der Waals surface area contributed by atoms with Gasteiger partial charge in [0.15, 0.2) is 0 Å². The Kier molecular flexibility index (Phi) is 2.16. The average molecular weight is 163 g/mol. The van der Waals surface area contributed by atoms with E-state index in [1.807, 2.05) is 0 Å². The summed E-state index contributed by atoms with van der Waals surface area (Å²) in [4.78, 5) is 10.9. The minimum atomic E-state index is 0. The number of fused-ring (bicyclic) bond motifs is 2. The van der Waals surface area contributed by atoms with Crippen LogP contribution in [-0.2, 0) is 4.79 Å². The second-order valence-corrected chi connectivity index (χ2v) is 2.80. The number of rotatable bonds is 0. The summed E-state index contributed by atoms with van der Waals surface area (Å²) in [5.41, 5.74) is 0. The largest absolute Gasteiger partial charge is 0.352 e. The van der Waals surface area contributed by atoms with Crippen LogP contribution in [0, 0.1) is 5.92 Å². The first-order valence-corrected chi connectivity index (χ1v) is 3.37. The minimum Gasteiger partial charge on any atom is -0.352 e. The Labute approximate surface area is 66.0 Å². The van der Waals surface area contributed by atoms with E-state index in [1.165, 1.54) is 0 Å². The molecular formula is C6H11ClN2O. The lowest BCUT2D eigenvalue weighted by molar-refractivity contribution is -0.122. The van der Waals surface area contributed by atoms with Gasteiger partial charge in [-0.2, -0.15) is 0 Å².